The number of hydrogen-bond donors (Lipinski definition) is 0. The Morgan fingerprint density at radius 3 is 1.80 bits per heavy atom. The van der Waals surface area contributed by atoms with Crippen LogP contribution in [0.1, 0.15) is 0 Å². The zero-order valence-corrected chi connectivity index (χ0v) is 27.1. The van der Waals surface area contributed by atoms with Crippen molar-refractivity contribution in [1.29, 1.82) is 0 Å². The third-order valence-electron chi connectivity index (χ3n) is 9.88. The second-order valence-electron chi connectivity index (χ2n) is 12.8. The summed E-state index contributed by atoms with van der Waals surface area (Å²) in [4.78, 5) is 15.5. The van der Waals surface area contributed by atoms with Gasteiger partial charge in [0.05, 0.1) is 16.6 Å². The molecule has 6 nitrogen and oxygen atoms in total. The van der Waals surface area contributed by atoms with Gasteiger partial charge >= 0.3 is 0 Å². The molecule has 0 atom stereocenters. The Morgan fingerprint density at radius 1 is 0.373 bits per heavy atom. The van der Waals surface area contributed by atoms with Crippen LogP contribution < -0.4 is 0 Å². The minimum atomic E-state index is 0.523. The number of furan rings is 2. The quantitative estimate of drug-likeness (QED) is 0.189. The van der Waals surface area contributed by atoms with Gasteiger partial charge in [-0.2, -0.15) is 9.97 Å². The highest BCUT2D eigenvalue weighted by Crippen LogP contribution is 2.42. The second-order valence-corrected chi connectivity index (χ2v) is 12.8. The maximum absolute atomic E-state index is 6.80. The Kier molecular flexibility index (Phi) is 5.86. The lowest BCUT2D eigenvalue weighted by atomic mass is 10.0. The molecule has 0 aliphatic rings. The lowest BCUT2D eigenvalue weighted by Gasteiger charge is -2.11. The van der Waals surface area contributed by atoms with Crippen molar-refractivity contribution in [1.82, 2.24) is 19.5 Å². The summed E-state index contributed by atoms with van der Waals surface area (Å²) in [6.07, 6.45) is 0. The van der Waals surface area contributed by atoms with Gasteiger partial charge in [-0.25, -0.2) is 4.98 Å². The van der Waals surface area contributed by atoms with Gasteiger partial charge in [0.15, 0.2) is 11.6 Å². The van der Waals surface area contributed by atoms with Crippen LogP contribution >= 0.6 is 0 Å². The van der Waals surface area contributed by atoms with E-state index in [4.69, 9.17) is 23.8 Å². The summed E-state index contributed by atoms with van der Waals surface area (Å²) >= 11 is 0. The second kappa shape index (κ2) is 10.7. The Labute approximate surface area is 290 Å². The van der Waals surface area contributed by atoms with E-state index in [0.29, 0.717) is 17.6 Å². The molecule has 4 heterocycles. The van der Waals surface area contributed by atoms with Crippen molar-refractivity contribution in [3.05, 3.63) is 158 Å². The highest BCUT2D eigenvalue weighted by atomic mass is 16.3. The van der Waals surface area contributed by atoms with E-state index in [-0.39, 0.29) is 0 Å². The van der Waals surface area contributed by atoms with E-state index in [1.165, 1.54) is 0 Å². The molecule has 4 aromatic heterocycles. The van der Waals surface area contributed by atoms with Crippen molar-refractivity contribution in [3.63, 3.8) is 0 Å². The van der Waals surface area contributed by atoms with E-state index >= 15 is 0 Å². The number of hydrogen-bond acceptors (Lipinski definition) is 5. The summed E-state index contributed by atoms with van der Waals surface area (Å²) in [6, 6.07) is 53.7. The van der Waals surface area contributed by atoms with Crippen LogP contribution in [0.5, 0.6) is 0 Å². The van der Waals surface area contributed by atoms with Crippen LogP contribution in [0.3, 0.4) is 0 Å². The molecule has 0 unspecified atom stereocenters. The van der Waals surface area contributed by atoms with Crippen molar-refractivity contribution in [2.45, 2.75) is 0 Å². The molecular formula is C45H26N4O2. The molecule has 0 bridgehead atoms. The zero-order chi connectivity index (χ0) is 33.5. The average molecular weight is 655 g/mol. The molecule has 0 saturated heterocycles. The van der Waals surface area contributed by atoms with E-state index in [1.54, 1.807) is 0 Å². The summed E-state index contributed by atoms with van der Waals surface area (Å²) in [5, 5.41) is 6.41. The lowest BCUT2D eigenvalue weighted by molar-refractivity contribution is 0.669. The SMILES string of the molecule is c1ccc(-c2nc(-c3cccc4c3oc3c(-c5ccccc5)cccc34)nc(-n3c4ccccc4c4c5c(ccc43)oc3ccccc35)n2)cc1. The minimum Gasteiger partial charge on any atom is -0.456 e. The first-order valence-electron chi connectivity index (χ1n) is 17.0. The molecule has 6 heteroatoms. The van der Waals surface area contributed by atoms with Crippen LogP contribution in [0.25, 0.3) is 106 Å². The van der Waals surface area contributed by atoms with Gasteiger partial charge in [0, 0.05) is 43.4 Å². The first-order chi connectivity index (χ1) is 25.3. The van der Waals surface area contributed by atoms with Crippen molar-refractivity contribution < 1.29 is 8.83 Å². The Bertz CT molecular complexity index is 3140. The van der Waals surface area contributed by atoms with Gasteiger partial charge < -0.3 is 8.83 Å². The fourth-order valence-electron chi connectivity index (χ4n) is 7.63. The van der Waals surface area contributed by atoms with Gasteiger partial charge in [-0.15, -0.1) is 0 Å². The smallest absolute Gasteiger partial charge is 0.238 e. The highest BCUT2D eigenvalue weighted by molar-refractivity contribution is 6.27. The molecule has 0 aliphatic heterocycles. The minimum absolute atomic E-state index is 0.523. The van der Waals surface area contributed by atoms with Crippen molar-refractivity contribution in [2.24, 2.45) is 0 Å². The number of aromatic nitrogens is 4. The van der Waals surface area contributed by atoms with Crippen LogP contribution in [-0.2, 0) is 0 Å². The molecule has 0 N–H and O–H groups in total. The first kappa shape index (κ1) is 27.9. The Hall–Kier alpha value is -7.05. The first-order valence-corrected chi connectivity index (χ1v) is 17.0. The summed E-state index contributed by atoms with van der Waals surface area (Å²) in [6.45, 7) is 0. The fourth-order valence-corrected chi connectivity index (χ4v) is 7.63. The van der Waals surface area contributed by atoms with E-state index in [2.05, 4.69) is 102 Å². The highest BCUT2D eigenvalue weighted by Gasteiger charge is 2.23. The molecule has 11 aromatic rings. The molecule has 7 aromatic carbocycles. The number of nitrogens with zero attached hydrogens (tertiary/aromatic N) is 4. The van der Waals surface area contributed by atoms with Crippen LogP contribution in [0.15, 0.2) is 167 Å². The van der Waals surface area contributed by atoms with Crippen molar-refractivity contribution in [2.75, 3.05) is 0 Å². The van der Waals surface area contributed by atoms with Crippen molar-refractivity contribution >= 4 is 65.7 Å². The van der Waals surface area contributed by atoms with E-state index in [9.17, 15) is 0 Å². The summed E-state index contributed by atoms with van der Waals surface area (Å²) < 4.78 is 15.3. The largest absolute Gasteiger partial charge is 0.456 e. The predicted octanol–water partition coefficient (Wildman–Crippen LogP) is 11.8. The number of para-hydroxylation sites is 4. The summed E-state index contributed by atoms with van der Waals surface area (Å²) in [7, 11) is 0. The van der Waals surface area contributed by atoms with E-state index in [1.807, 2.05) is 60.7 Å². The Morgan fingerprint density at radius 2 is 1.00 bits per heavy atom. The summed E-state index contributed by atoms with van der Waals surface area (Å²) in [5.74, 6) is 1.63. The topological polar surface area (TPSA) is 69.9 Å². The number of benzene rings is 7. The lowest BCUT2D eigenvalue weighted by Crippen LogP contribution is -2.06. The molecule has 0 radical (unpaired) electrons. The molecule has 0 aliphatic carbocycles. The molecule has 0 spiro atoms. The standard InChI is InChI=1S/C45H26N4O2/c1-3-13-27(14-4-1)29-19-11-20-30-31-21-12-22-34(42(31)51-41(29)30)44-46-43(28-15-5-2-6-16-28)47-45(48-44)49-35-23-9-7-17-32(35)39-36(49)25-26-38-40(39)33-18-8-10-24-37(33)50-38/h1-26H. The fraction of sp³-hybridized carbons (Fsp3) is 0. The third-order valence-corrected chi connectivity index (χ3v) is 9.88. The van der Waals surface area contributed by atoms with Crippen LogP contribution in [0, 0.1) is 0 Å². The molecular weight excluding hydrogens is 629 g/mol. The van der Waals surface area contributed by atoms with Gasteiger partial charge in [0.25, 0.3) is 0 Å². The number of rotatable bonds is 4. The van der Waals surface area contributed by atoms with Crippen LogP contribution in [0.4, 0.5) is 0 Å². The average Bonchev–Trinajstić information content (AvgIpc) is 3.88. The normalized spacial score (nSPS) is 11.9. The van der Waals surface area contributed by atoms with Crippen LogP contribution in [-0.4, -0.2) is 19.5 Å². The van der Waals surface area contributed by atoms with Gasteiger partial charge in [0.1, 0.15) is 22.3 Å². The van der Waals surface area contributed by atoms with Gasteiger partial charge in [-0.05, 0) is 35.9 Å². The predicted molar refractivity (Wildman–Crippen MR) is 205 cm³/mol. The number of fused-ring (bicyclic) bond motifs is 10. The maximum atomic E-state index is 6.80. The molecule has 0 fully saturated rings. The van der Waals surface area contributed by atoms with E-state index in [0.717, 1.165) is 87.9 Å². The molecule has 0 saturated carbocycles. The van der Waals surface area contributed by atoms with Gasteiger partial charge in [-0.3, -0.25) is 4.57 Å². The van der Waals surface area contributed by atoms with Crippen molar-refractivity contribution in [3.8, 4) is 39.9 Å². The maximum Gasteiger partial charge on any atom is 0.238 e. The molecule has 238 valence electrons. The Balaban J connectivity index is 1.22. The third kappa shape index (κ3) is 4.14. The van der Waals surface area contributed by atoms with E-state index < -0.39 is 0 Å². The monoisotopic (exact) mass is 654 g/mol. The van der Waals surface area contributed by atoms with Gasteiger partial charge in [0.2, 0.25) is 5.95 Å². The molecule has 0 amide bonds. The zero-order valence-electron chi connectivity index (χ0n) is 27.1. The molecule has 11 rings (SSSR count). The molecule has 51 heavy (non-hydrogen) atoms. The van der Waals surface area contributed by atoms with Crippen LogP contribution in [0.2, 0.25) is 0 Å². The summed E-state index contributed by atoms with van der Waals surface area (Å²) in [5.41, 5.74) is 9.10. The van der Waals surface area contributed by atoms with Gasteiger partial charge in [-0.1, -0.05) is 127 Å².